The molecule has 3 aliphatic rings. The molecular formula is C13H25N3O2S. The van der Waals surface area contributed by atoms with Gasteiger partial charge in [-0.15, -0.1) is 0 Å². The molecular weight excluding hydrogens is 262 g/mol. The Morgan fingerprint density at radius 1 is 1.16 bits per heavy atom. The summed E-state index contributed by atoms with van der Waals surface area (Å²) in [4.78, 5) is 2.56. The smallest absolute Gasteiger partial charge is 0.211 e. The summed E-state index contributed by atoms with van der Waals surface area (Å²) >= 11 is 0. The normalized spacial score (nSPS) is 37.6. The van der Waals surface area contributed by atoms with Crippen molar-refractivity contribution in [2.24, 2.45) is 17.8 Å². The van der Waals surface area contributed by atoms with Gasteiger partial charge in [-0.2, -0.15) is 0 Å². The standard InChI is InChI=1S/C13H25N3O2S/c1-19(17,18)16-4-2-3-11(8-16)7-15-9-12-5-14-6-13(12)10-15/h11-14H,2-10H2,1H3. The molecule has 3 unspecified atom stereocenters. The number of hydrogen-bond donors (Lipinski definition) is 1. The fourth-order valence-electron chi connectivity index (χ4n) is 3.94. The Morgan fingerprint density at radius 2 is 1.84 bits per heavy atom. The first-order valence-electron chi connectivity index (χ1n) is 7.40. The predicted octanol–water partition coefficient (Wildman–Crippen LogP) is -0.191. The highest BCUT2D eigenvalue weighted by Gasteiger charge is 2.37. The first kappa shape index (κ1) is 13.8. The van der Waals surface area contributed by atoms with E-state index < -0.39 is 10.0 Å². The number of rotatable bonds is 3. The fraction of sp³-hybridized carbons (Fsp3) is 1.00. The van der Waals surface area contributed by atoms with Crippen molar-refractivity contribution in [2.45, 2.75) is 12.8 Å². The van der Waals surface area contributed by atoms with Crippen LogP contribution in [0.4, 0.5) is 0 Å². The van der Waals surface area contributed by atoms with E-state index in [0.29, 0.717) is 12.5 Å². The van der Waals surface area contributed by atoms with E-state index in [-0.39, 0.29) is 0 Å². The third-order valence-corrected chi connectivity index (χ3v) is 6.20. The van der Waals surface area contributed by atoms with Crippen LogP contribution in [0.5, 0.6) is 0 Å². The first-order chi connectivity index (χ1) is 9.02. The van der Waals surface area contributed by atoms with Gasteiger partial charge in [0.1, 0.15) is 0 Å². The SMILES string of the molecule is CS(=O)(=O)N1CCCC(CN2CC3CNCC3C2)C1. The van der Waals surface area contributed by atoms with Gasteiger partial charge >= 0.3 is 0 Å². The summed E-state index contributed by atoms with van der Waals surface area (Å²) < 4.78 is 24.9. The van der Waals surface area contributed by atoms with E-state index in [4.69, 9.17) is 0 Å². The predicted molar refractivity (Wildman–Crippen MR) is 75.4 cm³/mol. The Kier molecular flexibility index (Phi) is 3.86. The molecule has 0 saturated carbocycles. The van der Waals surface area contributed by atoms with Crippen LogP contribution in [-0.4, -0.2) is 69.7 Å². The molecule has 3 saturated heterocycles. The van der Waals surface area contributed by atoms with Gasteiger partial charge in [0.05, 0.1) is 6.26 Å². The summed E-state index contributed by atoms with van der Waals surface area (Å²) in [7, 11) is -3.00. The lowest BCUT2D eigenvalue weighted by molar-refractivity contribution is 0.193. The molecule has 0 aromatic rings. The molecule has 0 aliphatic carbocycles. The second-order valence-corrected chi connectivity index (χ2v) is 8.51. The second-order valence-electron chi connectivity index (χ2n) is 6.53. The number of hydrogen-bond acceptors (Lipinski definition) is 4. The van der Waals surface area contributed by atoms with Gasteiger partial charge in [-0.05, 0) is 43.7 Å². The summed E-state index contributed by atoms with van der Waals surface area (Å²) in [5.41, 5.74) is 0. The summed E-state index contributed by atoms with van der Waals surface area (Å²) in [5.74, 6) is 2.18. The van der Waals surface area contributed by atoms with Gasteiger partial charge in [-0.3, -0.25) is 0 Å². The summed E-state index contributed by atoms with van der Waals surface area (Å²) in [6.07, 6.45) is 3.53. The molecule has 0 amide bonds. The minimum absolute atomic E-state index is 0.523. The molecule has 3 heterocycles. The molecule has 3 aliphatic heterocycles. The summed E-state index contributed by atoms with van der Waals surface area (Å²) in [6, 6.07) is 0. The van der Waals surface area contributed by atoms with Crippen LogP contribution in [0.1, 0.15) is 12.8 Å². The average molecular weight is 287 g/mol. The molecule has 0 aromatic heterocycles. The maximum Gasteiger partial charge on any atom is 0.211 e. The van der Waals surface area contributed by atoms with Crippen LogP contribution in [0.3, 0.4) is 0 Å². The van der Waals surface area contributed by atoms with Crippen LogP contribution < -0.4 is 5.32 Å². The number of fused-ring (bicyclic) bond motifs is 1. The lowest BCUT2D eigenvalue weighted by atomic mass is 9.99. The number of nitrogens with one attached hydrogen (secondary N) is 1. The lowest BCUT2D eigenvalue weighted by Crippen LogP contribution is -2.43. The molecule has 3 fully saturated rings. The number of nitrogens with zero attached hydrogens (tertiary/aromatic N) is 2. The number of likely N-dealkylation sites (tertiary alicyclic amines) is 1. The van der Waals surface area contributed by atoms with Crippen LogP contribution >= 0.6 is 0 Å². The van der Waals surface area contributed by atoms with E-state index in [0.717, 1.165) is 31.3 Å². The van der Waals surface area contributed by atoms with Gasteiger partial charge in [-0.25, -0.2) is 12.7 Å². The topological polar surface area (TPSA) is 52.7 Å². The van der Waals surface area contributed by atoms with Crippen molar-refractivity contribution in [1.82, 2.24) is 14.5 Å². The van der Waals surface area contributed by atoms with Crippen LogP contribution in [0.25, 0.3) is 0 Å². The van der Waals surface area contributed by atoms with Gasteiger partial charge < -0.3 is 10.2 Å². The van der Waals surface area contributed by atoms with E-state index in [9.17, 15) is 8.42 Å². The van der Waals surface area contributed by atoms with Crippen LogP contribution in [0.15, 0.2) is 0 Å². The van der Waals surface area contributed by atoms with E-state index >= 15 is 0 Å². The van der Waals surface area contributed by atoms with Gasteiger partial charge in [0.15, 0.2) is 0 Å². The molecule has 3 atom stereocenters. The summed E-state index contributed by atoms with van der Waals surface area (Å²) in [5, 5.41) is 3.46. The van der Waals surface area contributed by atoms with E-state index in [1.807, 2.05) is 0 Å². The zero-order chi connectivity index (χ0) is 13.5. The fourth-order valence-corrected chi connectivity index (χ4v) is 4.89. The van der Waals surface area contributed by atoms with Crippen LogP contribution in [0, 0.1) is 17.8 Å². The highest BCUT2D eigenvalue weighted by Crippen LogP contribution is 2.28. The van der Waals surface area contributed by atoms with E-state index in [2.05, 4.69) is 10.2 Å². The Bertz CT molecular complexity index is 414. The van der Waals surface area contributed by atoms with Gasteiger partial charge in [0.2, 0.25) is 10.0 Å². The lowest BCUT2D eigenvalue weighted by Gasteiger charge is -2.33. The molecule has 19 heavy (non-hydrogen) atoms. The van der Waals surface area contributed by atoms with Crippen molar-refractivity contribution >= 4 is 10.0 Å². The molecule has 0 spiro atoms. The van der Waals surface area contributed by atoms with Crippen molar-refractivity contribution in [3.63, 3.8) is 0 Å². The minimum Gasteiger partial charge on any atom is -0.316 e. The second kappa shape index (κ2) is 5.31. The number of piperidine rings is 1. The van der Waals surface area contributed by atoms with Crippen molar-refractivity contribution < 1.29 is 8.42 Å². The van der Waals surface area contributed by atoms with Crippen molar-refractivity contribution in [3.05, 3.63) is 0 Å². The Balaban J connectivity index is 1.53. The van der Waals surface area contributed by atoms with Gasteiger partial charge in [0.25, 0.3) is 0 Å². The maximum absolute atomic E-state index is 11.6. The average Bonchev–Trinajstić information content (AvgIpc) is 2.88. The van der Waals surface area contributed by atoms with Crippen molar-refractivity contribution in [1.29, 1.82) is 0 Å². The molecule has 0 aromatic carbocycles. The zero-order valence-corrected chi connectivity index (χ0v) is 12.5. The quantitative estimate of drug-likeness (QED) is 0.782. The minimum atomic E-state index is -3.00. The largest absolute Gasteiger partial charge is 0.316 e. The zero-order valence-electron chi connectivity index (χ0n) is 11.7. The molecule has 110 valence electrons. The molecule has 5 nitrogen and oxygen atoms in total. The molecule has 0 radical (unpaired) electrons. The van der Waals surface area contributed by atoms with E-state index in [1.54, 1.807) is 4.31 Å². The highest BCUT2D eigenvalue weighted by atomic mass is 32.2. The molecule has 6 heteroatoms. The van der Waals surface area contributed by atoms with Crippen LogP contribution in [-0.2, 0) is 10.0 Å². The Morgan fingerprint density at radius 3 is 2.47 bits per heavy atom. The highest BCUT2D eigenvalue weighted by molar-refractivity contribution is 7.88. The van der Waals surface area contributed by atoms with Gasteiger partial charge in [-0.1, -0.05) is 0 Å². The third kappa shape index (κ3) is 3.12. The Labute approximate surface area is 116 Å². The maximum atomic E-state index is 11.6. The molecule has 1 N–H and O–H groups in total. The van der Waals surface area contributed by atoms with Gasteiger partial charge in [0, 0.05) is 32.7 Å². The van der Waals surface area contributed by atoms with Crippen molar-refractivity contribution in [2.75, 3.05) is 52.1 Å². The first-order valence-corrected chi connectivity index (χ1v) is 9.25. The van der Waals surface area contributed by atoms with Crippen LogP contribution in [0.2, 0.25) is 0 Å². The molecule has 3 rings (SSSR count). The third-order valence-electron chi connectivity index (χ3n) is 4.93. The van der Waals surface area contributed by atoms with E-state index in [1.165, 1.54) is 38.9 Å². The number of sulfonamides is 1. The Hall–Kier alpha value is -0.170. The summed E-state index contributed by atoms with van der Waals surface area (Å²) in [6.45, 7) is 7.26. The van der Waals surface area contributed by atoms with Crippen molar-refractivity contribution in [3.8, 4) is 0 Å². The molecule has 0 bridgehead atoms. The monoisotopic (exact) mass is 287 g/mol.